The molecule has 180 valence electrons. The van der Waals surface area contributed by atoms with E-state index >= 15 is 0 Å². The number of methoxy groups -OCH3 is 1. The van der Waals surface area contributed by atoms with Crippen LogP contribution in [-0.2, 0) is 13.5 Å². The van der Waals surface area contributed by atoms with Gasteiger partial charge in [-0.1, -0.05) is 42.5 Å². The molecule has 0 unspecified atom stereocenters. The molecule has 0 spiro atoms. The number of imidazole rings is 1. The minimum Gasteiger partial charge on any atom is -0.494 e. The normalized spacial score (nSPS) is 24.1. The van der Waals surface area contributed by atoms with Gasteiger partial charge < -0.3 is 19.3 Å². The number of aromatic nitrogens is 2. The number of ether oxygens (including phenoxy) is 1. The van der Waals surface area contributed by atoms with Crippen LogP contribution in [0.3, 0.4) is 0 Å². The van der Waals surface area contributed by atoms with Gasteiger partial charge in [-0.05, 0) is 74.9 Å². The summed E-state index contributed by atoms with van der Waals surface area (Å²) in [7, 11) is 5.95. The lowest BCUT2D eigenvalue weighted by Crippen LogP contribution is -2.48. The summed E-state index contributed by atoms with van der Waals surface area (Å²) in [4.78, 5) is 7.21. The molecule has 0 amide bonds. The summed E-state index contributed by atoms with van der Waals surface area (Å²) in [6, 6.07) is 16.8. The van der Waals surface area contributed by atoms with Crippen molar-refractivity contribution in [2.75, 3.05) is 27.2 Å². The lowest BCUT2D eigenvalue weighted by Gasteiger charge is -2.48. The van der Waals surface area contributed by atoms with Crippen LogP contribution in [0, 0.1) is 11.8 Å². The average molecular weight is 460 g/mol. The molecule has 1 fully saturated rings. The third kappa shape index (κ3) is 4.39. The standard InChI is InChI=1S/C29H37N3O2/c1-31(17-8-13-27-30-28-25(32(27)2)11-7-12-26(28)34-3)18-16-29(33)20-22-14-15-23(29)19-24(22)21-9-5-4-6-10-21/h4-7,9-12,19,22-23,33H,8,13-18,20H2,1-3H3/t22-,23+,29-/m0/s1. The fourth-order valence-corrected chi connectivity index (χ4v) is 6.06. The first-order valence-corrected chi connectivity index (χ1v) is 12.6. The van der Waals surface area contributed by atoms with E-state index in [4.69, 9.17) is 9.72 Å². The molecule has 0 saturated heterocycles. The van der Waals surface area contributed by atoms with Gasteiger partial charge in [-0.25, -0.2) is 4.98 Å². The van der Waals surface area contributed by atoms with Crippen LogP contribution in [0.2, 0.25) is 0 Å². The van der Waals surface area contributed by atoms with Gasteiger partial charge in [0.25, 0.3) is 0 Å². The van der Waals surface area contributed by atoms with E-state index in [1.165, 1.54) is 17.6 Å². The smallest absolute Gasteiger partial charge is 0.146 e. The van der Waals surface area contributed by atoms with Crippen molar-refractivity contribution in [1.82, 2.24) is 14.5 Å². The van der Waals surface area contributed by atoms with Crippen LogP contribution in [0.4, 0.5) is 0 Å². The Hall–Kier alpha value is -2.63. The Balaban J connectivity index is 1.15. The van der Waals surface area contributed by atoms with E-state index in [9.17, 15) is 5.11 Å². The molecule has 0 radical (unpaired) electrons. The second-order valence-corrected chi connectivity index (χ2v) is 10.2. The van der Waals surface area contributed by atoms with Crippen molar-refractivity contribution in [3.63, 3.8) is 0 Å². The van der Waals surface area contributed by atoms with Crippen molar-refractivity contribution in [3.8, 4) is 5.75 Å². The minimum absolute atomic E-state index is 0.274. The maximum Gasteiger partial charge on any atom is 0.146 e. The van der Waals surface area contributed by atoms with Gasteiger partial charge in [0, 0.05) is 25.9 Å². The molecular formula is C29H37N3O2. The van der Waals surface area contributed by atoms with Gasteiger partial charge in [0.1, 0.15) is 17.1 Å². The summed E-state index contributed by atoms with van der Waals surface area (Å²) in [6.45, 7) is 1.92. The number of aryl methyl sites for hydroxylation is 2. The molecule has 0 aliphatic heterocycles. The molecule has 3 aliphatic rings. The highest BCUT2D eigenvalue weighted by Gasteiger charge is 2.46. The molecule has 3 aromatic rings. The number of hydrogen-bond donors (Lipinski definition) is 1. The second-order valence-electron chi connectivity index (χ2n) is 10.2. The highest BCUT2D eigenvalue weighted by atomic mass is 16.5. The first kappa shape index (κ1) is 23.1. The first-order chi connectivity index (χ1) is 16.5. The Labute approximate surface area is 203 Å². The SMILES string of the molecule is COc1cccc2c1nc(CCCN(C)CC[C@]1(O)C[C@@H]3CC[C@@H]1C=C3c1ccccc1)n2C. The molecule has 1 heterocycles. The van der Waals surface area contributed by atoms with Crippen molar-refractivity contribution in [2.24, 2.45) is 18.9 Å². The average Bonchev–Trinajstić information content (AvgIpc) is 3.19. The summed E-state index contributed by atoms with van der Waals surface area (Å²) >= 11 is 0. The molecule has 3 aliphatic carbocycles. The highest BCUT2D eigenvalue weighted by molar-refractivity contribution is 5.82. The Morgan fingerprint density at radius 2 is 1.94 bits per heavy atom. The molecule has 1 N–H and O–H groups in total. The van der Waals surface area contributed by atoms with Gasteiger partial charge >= 0.3 is 0 Å². The van der Waals surface area contributed by atoms with Gasteiger partial charge in [0.05, 0.1) is 18.2 Å². The number of aliphatic hydroxyl groups is 1. The number of allylic oxidation sites excluding steroid dienone is 1. The van der Waals surface area contributed by atoms with Crippen LogP contribution in [0.15, 0.2) is 54.6 Å². The van der Waals surface area contributed by atoms with Gasteiger partial charge in [0.15, 0.2) is 0 Å². The zero-order valence-corrected chi connectivity index (χ0v) is 20.7. The van der Waals surface area contributed by atoms with Crippen LogP contribution in [0.25, 0.3) is 16.6 Å². The van der Waals surface area contributed by atoms with Gasteiger partial charge in [0.2, 0.25) is 0 Å². The largest absolute Gasteiger partial charge is 0.494 e. The predicted molar refractivity (Wildman–Crippen MR) is 138 cm³/mol. The Bertz CT molecular complexity index is 1170. The Morgan fingerprint density at radius 1 is 1.12 bits per heavy atom. The van der Waals surface area contributed by atoms with E-state index in [0.29, 0.717) is 5.92 Å². The van der Waals surface area contributed by atoms with Crippen LogP contribution in [-0.4, -0.2) is 52.4 Å². The molecule has 1 aromatic heterocycles. The van der Waals surface area contributed by atoms with E-state index in [1.54, 1.807) is 7.11 Å². The third-order valence-electron chi connectivity index (χ3n) is 8.10. The summed E-state index contributed by atoms with van der Waals surface area (Å²) in [5, 5.41) is 11.5. The summed E-state index contributed by atoms with van der Waals surface area (Å²) in [6.07, 6.45) is 8.40. The molecule has 5 heteroatoms. The van der Waals surface area contributed by atoms with E-state index in [1.807, 2.05) is 12.1 Å². The zero-order chi connectivity index (χ0) is 23.7. The van der Waals surface area contributed by atoms with Crippen molar-refractivity contribution in [1.29, 1.82) is 0 Å². The van der Waals surface area contributed by atoms with Crippen molar-refractivity contribution in [3.05, 3.63) is 66.0 Å². The number of para-hydroxylation sites is 1. The topological polar surface area (TPSA) is 50.5 Å². The monoisotopic (exact) mass is 459 g/mol. The molecule has 2 bridgehead atoms. The summed E-state index contributed by atoms with van der Waals surface area (Å²) in [5.41, 5.74) is 4.27. The minimum atomic E-state index is -0.566. The number of rotatable bonds is 9. The fraction of sp³-hybridized carbons (Fsp3) is 0.483. The van der Waals surface area contributed by atoms with E-state index in [-0.39, 0.29) is 5.92 Å². The van der Waals surface area contributed by atoms with E-state index < -0.39 is 5.60 Å². The highest BCUT2D eigenvalue weighted by Crippen LogP contribution is 2.51. The molecule has 3 atom stereocenters. The van der Waals surface area contributed by atoms with Gasteiger partial charge in [-0.2, -0.15) is 0 Å². The molecule has 1 saturated carbocycles. The fourth-order valence-electron chi connectivity index (χ4n) is 6.06. The quantitative estimate of drug-likeness (QED) is 0.485. The molecule has 34 heavy (non-hydrogen) atoms. The molecule has 6 rings (SSSR count). The maximum atomic E-state index is 11.5. The number of nitrogens with zero attached hydrogens (tertiary/aromatic N) is 3. The molecular weight excluding hydrogens is 422 g/mol. The molecule has 5 nitrogen and oxygen atoms in total. The van der Waals surface area contributed by atoms with E-state index in [2.05, 4.69) is 66.0 Å². The van der Waals surface area contributed by atoms with Crippen molar-refractivity contribution in [2.45, 2.75) is 44.1 Å². The van der Waals surface area contributed by atoms with Crippen molar-refractivity contribution >= 4 is 16.6 Å². The lowest BCUT2D eigenvalue weighted by molar-refractivity contribution is -0.0574. The lowest BCUT2D eigenvalue weighted by atomic mass is 9.61. The second kappa shape index (κ2) is 9.55. The number of benzene rings is 2. The number of fused-ring (bicyclic) bond motifs is 3. The summed E-state index contributed by atoms with van der Waals surface area (Å²) in [5.74, 6) is 2.68. The van der Waals surface area contributed by atoms with Crippen LogP contribution >= 0.6 is 0 Å². The third-order valence-corrected chi connectivity index (χ3v) is 8.10. The van der Waals surface area contributed by atoms with E-state index in [0.717, 1.165) is 67.8 Å². The van der Waals surface area contributed by atoms with Crippen LogP contribution in [0.1, 0.15) is 43.5 Å². The Morgan fingerprint density at radius 3 is 2.68 bits per heavy atom. The van der Waals surface area contributed by atoms with Crippen LogP contribution in [0.5, 0.6) is 5.75 Å². The number of hydrogen-bond acceptors (Lipinski definition) is 4. The Kier molecular flexibility index (Phi) is 6.50. The van der Waals surface area contributed by atoms with Crippen LogP contribution < -0.4 is 4.74 Å². The van der Waals surface area contributed by atoms with Crippen molar-refractivity contribution < 1.29 is 9.84 Å². The van der Waals surface area contributed by atoms with Gasteiger partial charge in [-0.3, -0.25) is 0 Å². The van der Waals surface area contributed by atoms with Gasteiger partial charge in [-0.15, -0.1) is 0 Å². The molecule has 2 aromatic carbocycles. The first-order valence-electron chi connectivity index (χ1n) is 12.6. The zero-order valence-electron chi connectivity index (χ0n) is 20.7. The summed E-state index contributed by atoms with van der Waals surface area (Å²) < 4.78 is 7.65. The maximum absolute atomic E-state index is 11.5. The predicted octanol–water partition coefficient (Wildman–Crippen LogP) is 5.08.